The number of quaternary nitrogens is 1. The van der Waals surface area contributed by atoms with Gasteiger partial charge in [-0.2, -0.15) is 0 Å². The van der Waals surface area contributed by atoms with Gasteiger partial charge in [0.25, 0.3) is 0 Å². The van der Waals surface area contributed by atoms with Crippen LogP contribution in [0.4, 0.5) is 0 Å². The van der Waals surface area contributed by atoms with Crippen LogP contribution in [0.25, 0.3) is 0 Å². The molecule has 0 amide bonds. The number of nitrogens with zero attached hydrogens (tertiary/aromatic N) is 1. The van der Waals surface area contributed by atoms with Gasteiger partial charge in [-0.1, -0.05) is 50.3 Å². The number of hydrogen-bond donors (Lipinski definition) is 0. The van der Waals surface area contributed by atoms with Gasteiger partial charge in [-0.05, 0) is 24.8 Å². The Labute approximate surface area is 136 Å². The maximum Gasteiger partial charge on any atom is 0.131 e. The fraction of sp³-hybridized carbons (Fsp3) is 0.579. The predicted octanol–water partition coefficient (Wildman–Crippen LogP) is 4.30. The molecule has 0 fully saturated rings. The largest absolute Gasteiger partial charge is 0.323 e. The van der Waals surface area contributed by atoms with Crippen molar-refractivity contribution >= 4 is 0 Å². The Bertz CT molecular complexity index is 451. The van der Waals surface area contributed by atoms with Crippen LogP contribution < -0.4 is 0 Å². The molecule has 124 valence electrons. The molecule has 1 aromatic carbocycles. The van der Waals surface area contributed by atoms with Crippen LogP contribution in [0.15, 0.2) is 36.4 Å². The molecule has 0 aliphatic rings. The number of rotatable bonds is 10. The van der Waals surface area contributed by atoms with Crippen molar-refractivity contribution in [1.29, 1.82) is 0 Å². The van der Waals surface area contributed by atoms with Gasteiger partial charge in [-0.15, -0.1) is 0 Å². The Hall–Kier alpha value is -1.16. The van der Waals surface area contributed by atoms with E-state index in [1.807, 2.05) is 6.92 Å². The second-order valence-corrected chi connectivity index (χ2v) is 6.91. The number of likely N-dealkylation sites (N-methyl/N-ethyl adjacent to an activating group) is 1. The van der Waals surface area contributed by atoms with E-state index in [1.54, 1.807) is 0 Å². The first kappa shape index (κ1) is 18.9. The van der Waals surface area contributed by atoms with Crippen LogP contribution in [-0.2, 0) is 16.3 Å². The van der Waals surface area contributed by atoms with Crippen LogP contribution in [0.1, 0.15) is 44.2 Å². The summed E-state index contributed by atoms with van der Waals surface area (Å²) in [6.45, 7) is 13.2. The third kappa shape index (κ3) is 7.21. The molecule has 3 nitrogen and oxygen atoms in total. The highest BCUT2D eigenvalue weighted by Gasteiger charge is 2.16. The molecule has 0 heterocycles. The minimum absolute atomic E-state index is 0.463. The molecule has 0 spiro atoms. The zero-order chi connectivity index (χ0) is 16.6. The van der Waals surface area contributed by atoms with E-state index in [0.717, 1.165) is 23.1 Å². The van der Waals surface area contributed by atoms with E-state index in [4.69, 9.17) is 9.78 Å². The third-order valence-electron chi connectivity index (χ3n) is 3.94. The Kier molecular flexibility index (Phi) is 7.80. The summed E-state index contributed by atoms with van der Waals surface area (Å²) in [6, 6.07) is 9.02. The molecule has 0 aliphatic heterocycles. The summed E-state index contributed by atoms with van der Waals surface area (Å²) in [4.78, 5) is 10.3. The van der Waals surface area contributed by atoms with Crippen molar-refractivity contribution in [3.05, 3.63) is 47.5 Å². The Morgan fingerprint density at radius 2 is 1.82 bits per heavy atom. The summed E-state index contributed by atoms with van der Waals surface area (Å²) in [7, 11) is 4.43. The van der Waals surface area contributed by atoms with Crippen LogP contribution in [0, 0.1) is 0 Å². The molecule has 1 rings (SSSR count). The third-order valence-corrected chi connectivity index (χ3v) is 3.94. The summed E-state index contributed by atoms with van der Waals surface area (Å²) >= 11 is 0. The lowest BCUT2D eigenvalue weighted by Crippen LogP contribution is -2.41. The Morgan fingerprint density at radius 3 is 2.36 bits per heavy atom. The van der Waals surface area contributed by atoms with Crippen LogP contribution in [0.2, 0.25) is 0 Å². The minimum Gasteiger partial charge on any atom is -0.323 e. The van der Waals surface area contributed by atoms with E-state index < -0.39 is 0 Å². The zero-order valence-corrected chi connectivity index (χ0v) is 14.9. The topological polar surface area (TPSA) is 18.5 Å². The maximum atomic E-state index is 5.21. The van der Waals surface area contributed by atoms with Crippen molar-refractivity contribution in [1.82, 2.24) is 0 Å². The van der Waals surface area contributed by atoms with Crippen molar-refractivity contribution < 1.29 is 14.3 Å². The van der Waals surface area contributed by atoms with Gasteiger partial charge in [0.1, 0.15) is 26.3 Å². The first-order valence-corrected chi connectivity index (χ1v) is 8.13. The van der Waals surface area contributed by atoms with Crippen LogP contribution in [-0.4, -0.2) is 38.3 Å². The molecule has 0 bridgehead atoms. The lowest BCUT2D eigenvalue weighted by Gasteiger charge is -2.29. The lowest BCUT2D eigenvalue weighted by molar-refractivity contribution is -0.904. The molecule has 0 aromatic heterocycles. The van der Waals surface area contributed by atoms with Gasteiger partial charge in [0.05, 0.1) is 14.1 Å². The predicted molar refractivity (Wildman–Crippen MR) is 92.5 cm³/mol. The SMILES string of the molecule is C=C(C)COOCC[N+](C)(C)Cc1ccc(C(C)CC)cc1. The smallest absolute Gasteiger partial charge is 0.131 e. The molecule has 1 unspecified atom stereocenters. The monoisotopic (exact) mass is 306 g/mol. The summed E-state index contributed by atoms with van der Waals surface area (Å²) in [5.74, 6) is 0.635. The van der Waals surface area contributed by atoms with E-state index >= 15 is 0 Å². The van der Waals surface area contributed by atoms with Gasteiger partial charge < -0.3 is 4.48 Å². The molecule has 22 heavy (non-hydrogen) atoms. The van der Waals surface area contributed by atoms with E-state index in [1.165, 1.54) is 17.5 Å². The highest BCUT2D eigenvalue weighted by atomic mass is 17.2. The van der Waals surface area contributed by atoms with Gasteiger partial charge >= 0.3 is 0 Å². The quantitative estimate of drug-likeness (QED) is 0.211. The highest BCUT2D eigenvalue weighted by Crippen LogP contribution is 2.20. The van der Waals surface area contributed by atoms with Crippen molar-refractivity contribution in [2.75, 3.05) is 33.9 Å². The molecular weight excluding hydrogens is 274 g/mol. The molecule has 3 heteroatoms. The van der Waals surface area contributed by atoms with Crippen LogP contribution in [0.3, 0.4) is 0 Å². The first-order valence-electron chi connectivity index (χ1n) is 8.13. The van der Waals surface area contributed by atoms with Gasteiger partial charge in [-0.25, -0.2) is 9.78 Å². The molecule has 0 N–H and O–H groups in total. The second-order valence-electron chi connectivity index (χ2n) is 6.91. The van der Waals surface area contributed by atoms with E-state index in [2.05, 4.69) is 58.8 Å². The molecular formula is C19H32NO2+. The second kappa shape index (κ2) is 9.09. The minimum atomic E-state index is 0.463. The molecule has 0 saturated heterocycles. The molecule has 1 atom stereocenters. The molecule has 0 saturated carbocycles. The number of benzene rings is 1. The maximum absolute atomic E-state index is 5.21. The van der Waals surface area contributed by atoms with Gasteiger partial charge in [0.15, 0.2) is 0 Å². The summed E-state index contributed by atoms with van der Waals surface area (Å²) in [5.41, 5.74) is 3.75. The van der Waals surface area contributed by atoms with E-state index in [-0.39, 0.29) is 0 Å². The fourth-order valence-corrected chi connectivity index (χ4v) is 2.25. The molecule has 0 aliphatic carbocycles. The summed E-state index contributed by atoms with van der Waals surface area (Å²) in [5, 5.41) is 0. The highest BCUT2D eigenvalue weighted by molar-refractivity contribution is 5.24. The lowest BCUT2D eigenvalue weighted by atomic mass is 9.97. The number of hydrogen-bond acceptors (Lipinski definition) is 2. The normalized spacial score (nSPS) is 13.1. The summed E-state index contributed by atoms with van der Waals surface area (Å²) < 4.78 is 0.874. The van der Waals surface area contributed by atoms with Gasteiger partial charge in [0.2, 0.25) is 0 Å². The van der Waals surface area contributed by atoms with Gasteiger partial charge in [-0.3, -0.25) is 0 Å². The van der Waals surface area contributed by atoms with Crippen molar-refractivity contribution in [3.8, 4) is 0 Å². The van der Waals surface area contributed by atoms with Crippen molar-refractivity contribution in [2.45, 2.75) is 39.7 Å². The van der Waals surface area contributed by atoms with Crippen molar-refractivity contribution in [2.24, 2.45) is 0 Å². The molecule has 1 aromatic rings. The average Bonchev–Trinajstić information content (AvgIpc) is 2.46. The average molecular weight is 306 g/mol. The first-order chi connectivity index (χ1) is 10.3. The van der Waals surface area contributed by atoms with Crippen LogP contribution in [0.5, 0.6) is 0 Å². The standard InChI is InChI=1S/C19H32NO2/c1-7-17(4)19-10-8-18(9-11-19)14-20(5,6)12-13-21-22-15-16(2)3/h8-11,17H,2,7,12-15H2,1,3-6H3/q+1. The molecule has 0 radical (unpaired) electrons. The fourth-order valence-electron chi connectivity index (χ4n) is 2.25. The Morgan fingerprint density at radius 1 is 1.18 bits per heavy atom. The summed E-state index contributed by atoms with van der Waals surface area (Å²) in [6.07, 6.45) is 1.18. The van der Waals surface area contributed by atoms with Crippen LogP contribution >= 0.6 is 0 Å². The van der Waals surface area contributed by atoms with E-state index in [0.29, 0.717) is 19.1 Å². The Balaban J connectivity index is 2.41. The zero-order valence-electron chi connectivity index (χ0n) is 14.9. The van der Waals surface area contributed by atoms with Gasteiger partial charge in [0, 0.05) is 5.56 Å². The van der Waals surface area contributed by atoms with Crippen molar-refractivity contribution in [3.63, 3.8) is 0 Å². The van der Waals surface area contributed by atoms with E-state index in [9.17, 15) is 0 Å².